The van der Waals surface area contributed by atoms with Gasteiger partial charge in [0.2, 0.25) is 5.91 Å². The molecule has 0 saturated carbocycles. The molecule has 0 aliphatic rings. The highest BCUT2D eigenvalue weighted by Crippen LogP contribution is 2.33. The van der Waals surface area contributed by atoms with E-state index in [0.717, 1.165) is 11.3 Å². The van der Waals surface area contributed by atoms with Crippen LogP contribution in [0.25, 0.3) is 0 Å². The monoisotopic (exact) mass is 309 g/mol. The normalized spacial score (nSPS) is 10.2. The van der Waals surface area contributed by atoms with Crippen LogP contribution in [0.1, 0.15) is 5.56 Å². The summed E-state index contributed by atoms with van der Waals surface area (Å²) < 4.78 is 0. The van der Waals surface area contributed by atoms with Crippen LogP contribution in [-0.2, 0) is 11.2 Å². The van der Waals surface area contributed by atoms with Crippen molar-refractivity contribution in [2.45, 2.75) is 6.42 Å². The largest absolute Gasteiger partial charge is 0.353 e. The van der Waals surface area contributed by atoms with Crippen molar-refractivity contribution < 1.29 is 4.79 Å². The highest BCUT2D eigenvalue weighted by Gasteiger charge is 2.10. The molecule has 0 aromatic heterocycles. The second kappa shape index (κ2) is 6.61. The van der Waals surface area contributed by atoms with Crippen molar-refractivity contribution in [2.24, 2.45) is 5.84 Å². The number of halogens is 2. The lowest BCUT2D eigenvalue weighted by Gasteiger charge is -2.14. The Morgan fingerprint density at radius 2 is 1.70 bits per heavy atom. The second-order valence-corrected chi connectivity index (χ2v) is 4.94. The van der Waals surface area contributed by atoms with E-state index in [4.69, 9.17) is 29.0 Å². The van der Waals surface area contributed by atoms with Crippen LogP contribution < -0.4 is 16.6 Å². The first kappa shape index (κ1) is 14.7. The van der Waals surface area contributed by atoms with Crippen molar-refractivity contribution in [3.8, 4) is 0 Å². The number of benzene rings is 2. The number of carbonyl (C=O) groups is 1. The van der Waals surface area contributed by atoms with E-state index < -0.39 is 0 Å². The van der Waals surface area contributed by atoms with Gasteiger partial charge in [-0.25, -0.2) is 5.84 Å². The van der Waals surface area contributed by atoms with Gasteiger partial charge in [-0.2, -0.15) is 0 Å². The highest BCUT2D eigenvalue weighted by molar-refractivity contribution is 6.39. The molecule has 0 atom stereocenters. The van der Waals surface area contributed by atoms with Gasteiger partial charge >= 0.3 is 0 Å². The second-order valence-electron chi connectivity index (χ2n) is 4.12. The maximum Gasteiger partial charge on any atom is 0.238 e. The van der Waals surface area contributed by atoms with Gasteiger partial charge < -0.3 is 5.32 Å². The zero-order chi connectivity index (χ0) is 14.5. The van der Waals surface area contributed by atoms with Crippen molar-refractivity contribution in [2.75, 3.05) is 5.32 Å². The molecular formula is C14H13Cl2N3O. The van der Waals surface area contributed by atoms with Crippen LogP contribution in [-0.4, -0.2) is 5.91 Å². The van der Waals surface area contributed by atoms with Crippen LogP contribution in [0.5, 0.6) is 0 Å². The summed E-state index contributed by atoms with van der Waals surface area (Å²) >= 11 is 12.2. The first-order valence-corrected chi connectivity index (χ1v) is 6.66. The third-order valence-corrected chi connectivity index (χ3v) is 3.38. The molecule has 0 heterocycles. The first-order valence-electron chi connectivity index (χ1n) is 5.90. The summed E-state index contributed by atoms with van der Waals surface area (Å²) in [4.78, 5) is 11.4. The number of para-hydroxylation sites is 2. The zero-order valence-electron chi connectivity index (χ0n) is 10.5. The Balaban J connectivity index is 2.32. The highest BCUT2D eigenvalue weighted by atomic mass is 35.5. The molecule has 4 N–H and O–H groups in total. The molecule has 2 rings (SSSR count). The van der Waals surface area contributed by atoms with Gasteiger partial charge in [-0.1, -0.05) is 47.5 Å². The summed E-state index contributed by atoms with van der Waals surface area (Å²) in [7, 11) is 0. The molecular weight excluding hydrogens is 297 g/mol. The Morgan fingerprint density at radius 3 is 2.35 bits per heavy atom. The van der Waals surface area contributed by atoms with Crippen molar-refractivity contribution in [3.63, 3.8) is 0 Å². The van der Waals surface area contributed by atoms with Crippen molar-refractivity contribution >= 4 is 40.5 Å². The van der Waals surface area contributed by atoms with Gasteiger partial charge in [-0.15, -0.1) is 0 Å². The van der Waals surface area contributed by atoms with Crippen LogP contribution in [0.15, 0.2) is 42.5 Å². The van der Waals surface area contributed by atoms with E-state index >= 15 is 0 Å². The van der Waals surface area contributed by atoms with Crippen LogP contribution in [0.4, 0.5) is 11.4 Å². The number of rotatable bonds is 4. The van der Waals surface area contributed by atoms with E-state index in [1.54, 1.807) is 18.2 Å². The number of anilines is 2. The molecule has 104 valence electrons. The number of carbonyl (C=O) groups excluding carboxylic acids is 1. The van der Waals surface area contributed by atoms with E-state index in [9.17, 15) is 4.79 Å². The molecule has 6 heteroatoms. The average Bonchev–Trinajstić information content (AvgIpc) is 2.44. The summed E-state index contributed by atoms with van der Waals surface area (Å²) in [5, 5.41) is 4.17. The van der Waals surface area contributed by atoms with Gasteiger partial charge in [0.1, 0.15) is 0 Å². The van der Waals surface area contributed by atoms with Crippen molar-refractivity contribution in [1.82, 2.24) is 5.43 Å². The molecule has 2 aromatic rings. The van der Waals surface area contributed by atoms with E-state index in [0.29, 0.717) is 15.7 Å². The number of hydrogen-bond donors (Lipinski definition) is 3. The Labute approximate surface area is 126 Å². The fourth-order valence-corrected chi connectivity index (χ4v) is 2.26. The number of hydrazine groups is 1. The Hall–Kier alpha value is -1.75. The molecule has 20 heavy (non-hydrogen) atoms. The molecule has 0 bridgehead atoms. The Morgan fingerprint density at radius 1 is 1.05 bits per heavy atom. The molecule has 0 saturated heterocycles. The fourth-order valence-electron chi connectivity index (χ4n) is 1.77. The summed E-state index contributed by atoms with van der Waals surface area (Å²) in [6.07, 6.45) is 0.168. The van der Waals surface area contributed by atoms with Crippen LogP contribution in [0.3, 0.4) is 0 Å². The van der Waals surface area contributed by atoms with E-state index in [1.165, 1.54) is 0 Å². The predicted octanol–water partition coefficient (Wildman–Crippen LogP) is 3.27. The third-order valence-electron chi connectivity index (χ3n) is 2.75. The molecule has 0 radical (unpaired) electrons. The Bertz CT molecular complexity index is 611. The molecule has 0 aliphatic heterocycles. The minimum absolute atomic E-state index is 0.168. The molecule has 1 amide bonds. The van der Waals surface area contributed by atoms with Gasteiger partial charge in [-0.3, -0.25) is 10.2 Å². The predicted molar refractivity (Wildman–Crippen MR) is 82.2 cm³/mol. The number of hydrogen-bond acceptors (Lipinski definition) is 3. The maximum atomic E-state index is 11.4. The molecule has 0 spiro atoms. The van der Waals surface area contributed by atoms with Gasteiger partial charge in [0, 0.05) is 5.69 Å². The quantitative estimate of drug-likeness (QED) is 0.461. The summed E-state index contributed by atoms with van der Waals surface area (Å²) in [6, 6.07) is 12.6. The van der Waals surface area contributed by atoms with Gasteiger partial charge in [0.05, 0.1) is 22.2 Å². The van der Waals surface area contributed by atoms with E-state index in [2.05, 4.69) is 10.7 Å². The minimum atomic E-state index is -0.274. The van der Waals surface area contributed by atoms with Gasteiger partial charge in [-0.05, 0) is 23.8 Å². The Kier molecular flexibility index (Phi) is 4.84. The summed E-state index contributed by atoms with van der Waals surface area (Å²) in [5.41, 5.74) is 4.27. The number of amides is 1. The van der Waals surface area contributed by atoms with Crippen molar-refractivity contribution in [1.29, 1.82) is 0 Å². The first-order chi connectivity index (χ1) is 9.61. The smallest absolute Gasteiger partial charge is 0.238 e. The molecule has 4 nitrogen and oxygen atoms in total. The van der Waals surface area contributed by atoms with Crippen LogP contribution in [0, 0.1) is 0 Å². The van der Waals surface area contributed by atoms with Crippen LogP contribution in [0.2, 0.25) is 10.0 Å². The topological polar surface area (TPSA) is 67.1 Å². The van der Waals surface area contributed by atoms with E-state index in [-0.39, 0.29) is 12.3 Å². The molecule has 0 aliphatic carbocycles. The number of nitrogens with two attached hydrogens (primary N) is 1. The molecule has 2 aromatic carbocycles. The summed E-state index contributed by atoms with van der Waals surface area (Å²) in [6.45, 7) is 0. The lowest BCUT2D eigenvalue weighted by molar-refractivity contribution is -0.120. The standard InChI is InChI=1S/C14H13Cl2N3O/c15-10-5-3-6-11(16)14(10)18-12-7-2-1-4-9(12)8-13(20)19-17/h1-7,18H,8,17H2,(H,19,20). The SMILES string of the molecule is NNC(=O)Cc1ccccc1Nc1c(Cl)cccc1Cl. The van der Waals surface area contributed by atoms with Crippen molar-refractivity contribution in [3.05, 3.63) is 58.1 Å². The lowest BCUT2D eigenvalue weighted by Crippen LogP contribution is -2.31. The maximum absolute atomic E-state index is 11.4. The fraction of sp³-hybridized carbons (Fsp3) is 0.0714. The summed E-state index contributed by atoms with van der Waals surface area (Å²) in [5.74, 6) is 4.83. The third kappa shape index (κ3) is 3.42. The average molecular weight is 310 g/mol. The molecule has 0 unspecified atom stereocenters. The minimum Gasteiger partial charge on any atom is -0.353 e. The van der Waals surface area contributed by atoms with Gasteiger partial charge in [0.25, 0.3) is 0 Å². The lowest BCUT2D eigenvalue weighted by atomic mass is 10.1. The zero-order valence-corrected chi connectivity index (χ0v) is 12.0. The van der Waals surface area contributed by atoms with Gasteiger partial charge in [0.15, 0.2) is 0 Å². The van der Waals surface area contributed by atoms with Crippen LogP contribution >= 0.6 is 23.2 Å². The van der Waals surface area contributed by atoms with E-state index in [1.807, 2.05) is 24.3 Å². The molecule has 0 fully saturated rings. The number of nitrogens with one attached hydrogen (secondary N) is 2.